The van der Waals surface area contributed by atoms with E-state index < -0.39 is 17.8 Å². The largest absolute Gasteiger partial charge is 0.490 e. The number of benzene rings is 1. The van der Waals surface area contributed by atoms with Gasteiger partial charge in [-0.25, -0.2) is 4.98 Å². The van der Waals surface area contributed by atoms with Crippen molar-refractivity contribution in [3.63, 3.8) is 0 Å². The maximum absolute atomic E-state index is 12.9. The summed E-state index contributed by atoms with van der Waals surface area (Å²) in [5.74, 6) is 4.27. The number of imidazole rings is 1. The first-order valence-electron chi connectivity index (χ1n) is 9.46. The molecule has 2 amide bonds. The molecule has 0 aliphatic carbocycles. The van der Waals surface area contributed by atoms with Gasteiger partial charge in [0, 0.05) is 24.0 Å². The van der Waals surface area contributed by atoms with E-state index in [2.05, 4.69) is 42.6 Å². The topological polar surface area (TPSA) is 122 Å². The van der Waals surface area contributed by atoms with Crippen LogP contribution in [0.2, 0.25) is 0 Å². The van der Waals surface area contributed by atoms with Gasteiger partial charge < -0.3 is 20.4 Å². The Balaban J connectivity index is 1.84. The highest BCUT2D eigenvalue weighted by Crippen LogP contribution is 2.32. The molecule has 3 N–H and O–H groups in total. The SMILES string of the molecule is CC(=O)NCCOc1ccc(-c2ncc(C(F)(F)F)[nH]2)cc1NC(=O)C#Cc1ccnnc1. The molecule has 2 heterocycles. The highest BCUT2D eigenvalue weighted by Gasteiger charge is 2.33. The molecule has 0 spiro atoms. The lowest BCUT2D eigenvalue weighted by Crippen LogP contribution is -2.25. The normalized spacial score (nSPS) is 10.7. The van der Waals surface area contributed by atoms with Gasteiger partial charge >= 0.3 is 12.1 Å². The second-order valence-electron chi connectivity index (χ2n) is 6.52. The quantitative estimate of drug-likeness (QED) is 0.385. The van der Waals surface area contributed by atoms with Crippen molar-refractivity contribution in [1.82, 2.24) is 25.5 Å². The Morgan fingerprint density at radius 1 is 1.18 bits per heavy atom. The van der Waals surface area contributed by atoms with E-state index in [1.54, 1.807) is 6.07 Å². The number of ether oxygens (including phenoxy) is 1. The van der Waals surface area contributed by atoms with Crippen molar-refractivity contribution >= 4 is 17.5 Å². The molecular formula is C21H17F3N6O3. The summed E-state index contributed by atoms with van der Waals surface area (Å²) < 4.78 is 44.3. The summed E-state index contributed by atoms with van der Waals surface area (Å²) in [4.78, 5) is 29.3. The molecule has 0 fully saturated rings. The number of amides is 2. The average Bonchev–Trinajstić information content (AvgIpc) is 3.28. The van der Waals surface area contributed by atoms with Crippen LogP contribution in [0.3, 0.4) is 0 Å². The van der Waals surface area contributed by atoms with Crippen molar-refractivity contribution in [3.8, 4) is 29.0 Å². The van der Waals surface area contributed by atoms with Gasteiger partial charge in [0.15, 0.2) is 0 Å². The second kappa shape index (κ2) is 10.3. The van der Waals surface area contributed by atoms with E-state index in [0.717, 1.165) is 0 Å². The van der Waals surface area contributed by atoms with E-state index in [0.29, 0.717) is 11.8 Å². The molecule has 0 atom stereocenters. The number of alkyl halides is 3. The summed E-state index contributed by atoms with van der Waals surface area (Å²) in [6, 6.07) is 5.92. The number of nitrogens with one attached hydrogen (secondary N) is 3. The van der Waals surface area contributed by atoms with E-state index in [4.69, 9.17) is 4.74 Å². The number of halogens is 3. The lowest BCUT2D eigenvalue weighted by Gasteiger charge is -2.13. The highest BCUT2D eigenvalue weighted by atomic mass is 19.4. The maximum atomic E-state index is 12.9. The molecule has 0 saturated carbocycles. The number of hydrogen-bond donors (Lipinski definition) is 3. The van der Waals surface area contributed by atoms with Crippen LogP contribution in [0.15, 0.2) is 42.9 Å². The molecule has 33 heavy (non-hydrogen) atoms. The number of rotatable bonds is 6. The molecule has 0 saturated heterocycles. The number of carbonyl (C=O) groups excluding carboxylic acids is 2. The van der Waals surface area contributed by atoms with Gasteiger partial charge in [0.25, 0.3) is 0 Å². The number of carbonyl (C=O) groups is 2. The van der Waals surface area contributed by atoms with E-state index >= 15 is 0 Å². The fourth-order valence-electron chi connectivity index (χ4n) is 2.55. The Bertz CT molecular complexity index is 1200. The molecule has 2 aromatic heterocycles. The summed E-state index contributed by atoms with van der Waals surface area (Å²) in [6.45, 7) is 1.66. The Labute approximate surface area is 185 Å². The minimum Gasteiger partial charge on any atom is -0.490 e. The minimum atomic E-state index is -4.58. The minimum absolute atomic E-state index is 0.0448. The molecular weight excluding hydrogens is 441 g/mol. The molecule has 0 aliphatic heterocycles. The van der Waals surface area contributed by atoms with Gasteiger partial charge in [-0.3, -0.25) is 9.59 Å². The van der Waals surface area contributed by atoms with Crippen molar-refractivity contribution in [2.24, 2.45) is 0 Å². The fourth-order valence-corrected chi connectivity index (χ4v) is 2.55. The third kappa shape index (κ3) is 6.79. The Morgan fingerprint density at radius 2 is 2.00 bits per heavy atom. The molecule has 0 radical (unpaired) electrons. The first-order chi connectivity index (χ1) is 15.7. The van der Waals surface area contributed by atoms with Gasteiger partial charge in [-0.1, -0.05) is 5.92 Å². The van der Waals surface area contributed by atoms with E-state index in [-0.39, 0.29) is 41.9 Å². The van der Waals surface area contributed by atoms with Crippen molar-refractivity contribution in [1.29, 1.82) is 0 Å². The standard InChI is InChI=1S/C21H17F3N6O3/c1-13(31)25-8-9-33-17-4-3-15(20-26-12-18(30-20)21(22,23)24)10-16(17)29-19(32)5-2-14-6-7-27-28-11-14/h3-4,6-7,10-12H,8-9H2,1H3,(H,25,31)(H,26,30)(H,29,32). The molecule has 12 heteroatoms. The van der Waals surface area contributed by atoms with Crippen molar-refractivity contribution in [3.05, 3.63) is 54.1 Å². The molecule has 0 aliphatic rings. The number of aromatic amines is 1. The van der Waals surface area contributed by atoms with Crippen LogP contribution >= 0.6 is 0 Å². The summed E-state index contributed by atoms with van der Waals surface area (Å²) in [5, 5.41) is 12.4. The Morgan fingerprint density at radius 3 is 2.67 bits per heavy atom. The van der Waals surface area contributed by atoms with Crippen molar-refractivity contribution in [2.75, 3.05) is 18.5 Å². The van der Waals surface area contributed by atoms with Crippen LogP contribution < -0.4 is 15.4 Å². The second-order valence-corrected chi connectivity index (χ2v) is 6.52. The zero-order chi connectivity index (χ0) is 23.8. The molecule has 9 nitrogen and oxygen atoms in total. The number of aromatic nitrogens is 4. The van der Waals surface area contributed by atoms with Gasteiger partial charge in [-0.05, 0) is 24.3 Å². The van der Waals surface area contributed by atoms with Crippen LogP contribution in [0.5, 0.6) is 5.75 Å². The third-order valence-electron chi connectivity index (χ3n) is 4.02. The zero-order valence-corrected chi connectivity index (χ0v) is 17.2. The smallest absolute Gasteiger partial charge is 0.432 e. The first-order valence-corrected chi connectivity index (χ1v) is 9.46. The van der Waals surface area contributed by atoms with Gasteiger partial charge in [0.1, 0.15) is 23.9 Å². The molecule has 0 bridgehead atoms. The molecule has 1 aromatic carbocycles. The van der Waals surface area contributed by atoms with Gasteiger partial charge in [-0.15, -0.1) is 0 Å². The number of hydrogen-bond acceptors (Lipinski definition) is 6. The van der Waals surface area contributed by atoms with Crippen molar-refractivity contribution in [2.45, 2.75) is 13.1 Å². The van der Waals surface area contributed by atoms with Gasteiger partial charge in [-0.2, -0.15) is 23.4 Å². The number of H-pyrrole nitrogens is 1. The summed E-state index contributed by atoms with van der Waals surface area (Å²) in [5.41, 5.74) is -0.0970. The molecule has 3 rings (SSSR count). The van der Waals surface area contributed by atoms with Crippen LogP contribution in [0.1, 0.15) is 18.2 Å². The van der Waals surface area contributed by atoms with Crippen LogP contribution in [0.25, 0.3) is 11.4 Å². The first kappa shape index (κ1) is 23.3. The monoisotopic (exact) mass is 458 g/mol. The van der Waals surface area contributed by atoms with Crippen LogP contribution in [-0.4, -0.2) is 45.1 Å². The van der Waals surface area contributed by atoms with Crippen molar-refractivity contribution < 1.29 is 27.5 Å². The highest BCUT2D eigenvalue weighted by molar-refractivity contribution is 6.05. The molecule has 3 aromatic rings. The third-order valence-corrected chi connectivity index (χ3v) is 4.02. The molecule has 0 unspecified atom stereocenters. The summed E-state index contributed by atoms with van der Waals surface area (Å²) >= 11 is 0. The van der Waals surface area contributed by atoms with Gasteiger partial charge in [0.2, 0.25) is 5.91 Å². The van der Waals surface area contributed by atoms with E-state index in [1.807, 2.05) is 0 Å². The predicted octanol–water partition coefficient (Wildman–Crippen LogP) is 2.39. The predicted molar refractivity (Wildman–Crippen MR) is 111 cm³/mol. The number of anilines is 1. The lowest BCUT2D eigenvalue weighted by atomic mass is 10.1. The maximum Gasteiger partial charge on any atom is 0.432 e. The Hall–Kier alpha value is -4.40. The number of nitrogens with zero attached hydrogens (tertiary/aromatic N) is 3. The van der Waals surface area contributed by atoms with Crippen LogP contribution in [0.4, 0.5) is 18.9 Å². The fraction of sp³-hybridized carbons (Fsp3) is 0.190. The van der Waals surface area contributed by atoms with E-state index in [1.165, 1.54) is 37.5 Å². The lowest BCUT2D eigenvalue weighted by molar-refractivity contribution is -0.140. The van der Waals surface area contributed by atoms with Crippen LogP contribution in [-0.2, 0) is 15.8 Å². The molecule has 170 valence electrons. The Kier molecular flexibility index (Phi) is 7.24. The zero-order valence-electron chi connectivity index (χ0n) is 17.2. The summed E-state index contributed by atoms with van der Waals surface area (Å²) in [7, 11) is 0. The average molecular weight is 458 g/mol. The summed E-state index contributed by atoms with van der Waals surface area (Å²) in [6.07, 6.45) is -1.09. The van der Waals surface area contributed by atoms with Crippen LogP contribution in [0, 0.1) is 11.8 Å². The van der Waals surface area contributed by atoms with E-state index in [9.17, 15) is 22.8 Å². The van der Waals surface area contributed by atoms with Gasteiger partial charge in [0.05, 0.1) is 30.8 Å².